The molecule has 1 aromatic carbocycles. The number of ether oxygens (including phenoxy) is 1. The van der Waals surface area contributed by atoms with Crippen LogP contribution in [-0.2, 0) is 16.0 Å². The Hall–Kier alpha value is -1.39. The molecule has 0 spiro atoms. The number of hydrogen-bond donors (Lipinski definition) is 2. The monoisotopic (exact) mass is 265 g/mol. The van der Waals surface area contributed by atoms with Gasteiger partial charge in [-0.15, -0.1) is 0 Å². The fourth-order valence-corrected chi connectivity index (χ4v) is 1.77. The Morgan fingerprint density at radius 1 is 1.47 bits per heavy atom. The molecule has 106 valence electrons. The van der Waals surface area contributed by atoms with Gasteiger partial charge in [0, 0.05) is 26.7 Å². The van der Waals surface area contributed by atoms with E-state index in [1.165, 1.54) is 0 Å². The lowest BCUT2D eigenvalue weighted by Gasteiger charge is -2.23. The first-order valence-corrected chi connectivity index (χ1v) is 6.46. The fourth-order valence-electron chi connectivity index (χ4n) is 1.77. The minimum atomic E-state index is -0.932. The molecule has 1 atom stereocenters. The molecule has 0 saturated carbocycles. The molecule has 1 amide bonds. The van der Waals surface area contributed by atoms with Crippen LogP contribution in [0.4, 0.5) is 0 Å². The van der Waals surface area contributed by atoms with Crippen molar-refractivity contribution in [3.8, 4) is 0 Å². The van der Waals surface area contributed by atoms with Crippen molar-refractivity contribution in [1.82, 2.24) is 5.32 Å². The normalized spacial score (nSPS) is 13.9. The standard InChI is InChI=1S/C15H23NO3/c1-12-5-4-6-13(9-12)10-14(17)16-11-15(2,18)7-8-19-3/h4-6,9,18H,7-8,10-11H2,1-3H3,(H,16,17). The maximum Gasteiger partial charge on any atom is 0.224 e. The second-order valence-electron chi connectivity index (χ2n) is 5.18. The highest BCUT2D eigenvalue weighted by Crippen LogP contribution is 2.08. The zero-order valence-corrected chi connectivity index (χ0v) is 11.9. The van der Waals surface area contributed by atoms with Gasteiger partial charge in [-0.05, 0) is 19.4 Å². The smallest absolute Gasteiger partial charge is 0.224 e. The van der Waals surface area contributed by atoms with Gasteiger partial charge in [-0.3, -0.25) is 4.79 Å². The Balaban J connectivity index is 2.39. The molecule has 0 radical (unpaired) electrons. The number of aryl methyl sites for hydroxylation is 1. The summed E-state index contributed by atoms with van der Waals surface area (Å²) in [5.41, 5.74) is 1.18. The van der Waals surface area contributed by atoms with E-state index in [4.69, 9.17) is 4.74 Å². The highest BCUT2D eigenvalue weighted by Gasteiger charge is 2.20. The SMILES string of the molecule is COCCC(C)(O)CNC(=O)Cc1cccc(C)c1. The van der Waals surface area contributed by atoms with Crippen LogP contribution in [0, 0.1) is 6.92 Å². The summed E-state index contributed by atoms with van der Waals surface area (Å²) in [6.07, 6.45) is 0.830. The molecule has 1 aromatic rings. The molecule has 0 aromatic heterocycles. The summed E-state index contributed by atoms with van der Waals surface area (Å²) in [4.78, 5) is 11.8. The Morgan fingerprint density at radius 2 is 2.21 bits per heavy atom. The van der Waals surface area contributed by atoms with Gasteiger partial charge in [0.05, 0.1) is 12.0 Å². The average molecular weight is 265 g/mol. The number of benzene rings is 1. The summed E-state index contributed by atoms with van der Waals surface area (Å²) in [6, 6.07) is 7.85. The summed E-state index contributed by atoms with van der Waals surface area (Å²) in [5, 5.41) is 12.8. The minimum absolute atomic E-state index is 0.0803. The molecular formula is C15H23NO3. The van der Waals surface area contributed by atoms with Crippen molar-refractivity contribution in [1.29, 1.82) is 0 Å². The molecule has 0 aliphatic carbocycles. The van der Waals surface area contributed by atoms with Crippen LogP contribution < -0.4 is 5.32 Å². The largest absolute Gasteiger partial charge is 0.388 e. The molecule has 0 fully saturated rings. The van der Waals surface area contributed by atoms with Gasteiger partial charge in [0.15, 0.2) is 0 Å². The van der Waals surface area contributed by atoms with Crippen LogP contribution in [0.3, 0.4) is 0 Å². The van der Waals surface area contributed by atoms with Crippen molar-refractivity contribution in [2.75, 3.05) is 20.3 Å². The van der Waals surface area contributed by atoms with Crippen LogP contribution in [0.15, 0.2) is 24.3 Å². The summed E-state index contributed by atoms with van der Waals surface area (Å²) >= 11 is 0. The van der Waals surface area contributed by atoms with E-state index in [2.05, 4.69) is 5.32 Å². The van der Waals surface area contributed by atoms with Crippen LogP contribution in [0.25, 0.3) is 0 Å². The summed E-state index contributed by atoms with van der Waals surface area (Å²) in [6.45, 7) is 4.40. The van der Waals surface area contributed by atoms with Gasteiger partial charge < -0.3 is 15.2 Å². The van der Waals surface area contributed by atoms with Gasteiger partial charge in [0.1, 0.15) is 0 Å². The Labute approximate surface area is 114 Å². The summed E-state index contributed by atoms with van der Waals surface area (Å²) in [5.74, 6) is -0.0803. The van der Waals surface area contributed by atoms with Crippen molar-refractivity contribution in [2.45, 2.75) is 32.3 Å². The zero-order valence-electron chi connectivity index (χ0n) is 11.9. The summed E-state index contributed by atoms with van der Waals surface area (Å²) in [7, 11) is 1.59. The number of nitrogens with one attached hydrogen (secondary N) is 1. The minimum Gasteiger partial charge on any atom is -0.388 e. The maximum absolute atomic E-state index is 11.8. The van der Waals surface area contributed by atoms with Crippen LogP contribution in [-0.4, -0.2) is 36.9 Å². The second-order valence-corrected chi connectivity index (χ2v) is 5.18. The zero-order chi connectivity index (χ0) is 14.3. The molecule has 1 unspecified atom stereocenters. The third kappa shape index (κ3) is 6.36. The molecule has 4 nitrogen and oxygen atoms in total. The lowest BCUT2D eigenvalue weighted by Crippen LogP contribution is -2.41. The molecule has 0 saturated heterocycles. The second kappa shape index (κ2) is 7.26. The quantitative estimate of drug-likeness (QED) is 0.784. The van der Waals surface area contributed by atoms with Crippen molar-refractivity contribution in [3.05, 3.63) is 35.4 Å². The van der Waals surface area contributed by atoms with E-state index in [0.29, 0.717) is 19.4 Å². The lowest BCUT2D eigenvalue weighted by atomic mass is 10.0. The molecule has 4 heteroatoms. The lowest BCUT2D eigenvalue weighted by molar-refractivity contribution is -0.121. The fraction of sp³-hybridized carbons (Fsp3) is 0.533. The highest BCUT2D eigenvalue weighted by atomic mass is 16.5. The molecular weight excluding hydrogens is 242 g/mol. The molecule has 0 bridgehead atoms. The summed E-state index contributed by atoms with van der Waals surface area (Å²) < 4.78 is 4.92. The van der Waals surface area contributed by atoms with Crippen molar-refractivity contribution >= 4 is 5.91 Å². The Kier molecular flexibility index (Phi) is 5.99. The average Bonchev–Trinajstić information content (AvgIpc) is 2.34. The third-order valence-corrected chi connectivity index (χ3v) is 2.96. The number of hydrogen-bond acceptors (Lipinski definition) is 3. The molecule has 0 heterocycles. The number of methoxy groups -OCH3 is 1. The molecule has 1 rings (SSSR count). The molecule has 0 aliphatic rings. The predicted molar refractivity (Wildman–Crippen MR) is 75.0 cm³/mol. The third-order valence-electron chi connectivity index (χ3n) is 2.96. The number of rotatable bonds is 7. The van der Waals surface area contributed by atoms with Crippen molar-refractivity contribution in [2.24, 2.45) is 0 Å². The van der Waals surface area contributed by atoms with Crippen LogP contribution in [0.2, 0.25) is 0 Å². The topological polar surface area (TPSA) is 58.6 Å². The van der Waals surface area contributed by atoms with Crippen molar-refractivity contribution < 1.29 is 14.6 Å². The van der Waals surface area contributed by atoms with Gasteiger partial charge in [-0.2, -0.15) is 0 Å². The number of aliphatic hydroxyl groups is 1. The maximum atomic E-state index is 11.8. The molecule has 0 aliphatic heterocycles. The Bertz CT molecular complexity index is 416. The van der Waals surface area contributed by atoms with Crippen molar-refractivity contribution in [3.63, 3.8) is 0 Å². The van der Waals surface area contributed by atoms with E-state index >= 15 is 0 Å². The van der Waals surface area contributed by atoms with Crippen LogP contribution in [0.1, 0.15) is 24.5 Å². The first-order valence-electron chi connectivity index (χ1n) is 6.46. The van der Waals surface area contributed by atoms with Gasteiger partial charge >= 0.3 is 0 Å². The highest BCUT2D eigenvalue weighted by molar-refractivity contribution is 5.78. The van der Waals surface area contributed by atoms with E-state index in [0.717, 1.165) is 11.1 Å². The van der Waals surface area contributed by atoms with E-state index in [-0.39, 0.29) is 12.5 Å². The van der Waals surface area contributed by atoms with E-state index < -0.39 is 5.60 Å². The van der Waals surface area contributed by atoms with E-state index in [9.17, 15) is 9.90 Å². The van der Waals surface area contributed by atoms with Crippen LogP contribution in [0.5, 0.6) is 0 Å². The first kappa shape index (κ1) is 15.7. The molecule has 19 heavy (non-hydrogen) atoms. The number of carbonyl (C=O) groups is 1. The Morgan fingerprint density at radius 3 is 2.84 bits per heavy atom. The van der Waals surface area contributed by atoms with E-state index in [1.54, 1.807) is 14.0 Å². The van der Waals surface area contributed by atoms with Gasteiger partial charge in [-0.25, -0.2) is 0 Å². The van der Waals surface area contributed by atoms with E-state index in [1.807, 2.05) is 31.2 Å². The van der Waals surface area contributed by atoms with Gasteiger partial charge in [-0.1, -0.05) is 29.8 Å². The van der Waals surface area contributed by atoms with Crippen LogP contribution >= 0.6 is 0 Å². The van der Waals surface area contributed by atoms with Gasteiger partial charge in [0.2, 0.25) is 5.91 Å². The molecule has 2 N–H and O–H groups in total. The number of amides is 1. The van der Waals surface area contributed by atoms with Gasteiger partial charge in [0.25, 0.3) is 0 Å². The number of carbonyl (C=O) groups excluding carboxylic acids is 1. The first-order chi connectivity index (χ1) is 8.93. The predicted octanol–water partition coefficient (Wildman–Crippen LogP) is 1.44.